The predicted molar refractivity (Wildman–Crippen MR) is 103 cm³/mol. The third kappa shape index (κ3) is 3.47. The number of non-ortho nitro benzene ring substituents is 1. The minimum absolute atomic E-state index is 0.0518. The molecule has 4 atom stereocenters. The van der Waals surface area contributed by atoms with Crippen molar-refractivity contribution in [1.82, 2.24) is 5.43 Å². The number of benzene rings is 1. The summed E-state index contributed by atoms with van der Waals surface area (Å²) in [5, 5.41) is 25.0. The van der Waals surface area contributed by atoms with E-state index in [2.05, 4.69) is 26.5 Å². The highest BCUT2D eigenvalue weighted by Gasteiger charge is 2.52. The molecule has 4 aliphatic rings. The molecule has 0 aliphatic heterocycles. The molecule has 8 heteroatoms. The van der Waals surface area contributed by atoms with Gasteiger partial charge in [0.15, 0.2) is 0 Å². The van der Waals surface area contributed by atoms with Crippen molar-refractivity contribution in [3.8, 4) is 5.75 Å². The number of nitro benzene ring substituents is 1. The molecule has 27 heavy (non-hydrogen) atoms. The van der Waals surface area contributed by atoms with Crippen molar-refractivity contribution in [2.75, 3.05) is 0 Å². The summed E-state index contributed by atoms with van der Waals surface area (Å²) in [7, 11) is 0. The second kappa shape index (κ2) is 6.89. The lowest BCUT2D eigenvalue weighted by Crippen LogP contribution is -2.47. The van der Waals surface area contributed by atoms with Crippen molar-refractivity contribution in [1.29, 1.82) is 0 Å². The first kappa shape index (κ1) is 18.4. The lowest BCUT2D eigenvalue weighted by molar-refractivity contribution is -0.385. The molecule has 4 fully saturated rings. The highest BCUT2D eigenvalue weighted by atomic mass is 79.9. The number of rotatable bonds is 4. The van der Waals surface area contributed by atoms with Gasteiger partial charge in [-0.2, -0.15) is 5.10 Å². The fourth-order valence-electron chi connectivity index (χ4n) is 5.56. The number of carbonyl (C=O) groups excluding carboxylic acids is 1. The van der Waals surface area contributed by atoms with E-state index in [9.17, 15) is 20.0 Å². The zero-order valence-corrected chi connectivity index (χ0v) is 16.4. The molecule has 4 aliphatic carbocycles. The third-order valence-corrected chi connectivity index (χ3v) is 7.10. The minimum atomic E-state index is -0.543. The first-order valence-corrected chi connectivity index (χ1v) is 10.2. The number of nitro groups is 1. The lowest BCUT2D eigenvalue weighted by atomic mass is 9.58. The van der Waals surface area contributed by atoms with Gasteiger partial charge in [-0.25, -0.2) is 5.43 Å². The largest absolute Gasteiger partial charge is 0.506 e. The molecular weight excluding hydrogens is 414 g/mol. The summed E-state index contributed by atoms with van der Waals surface area (Å²) in [5.74, 6) is 1.73. The van der Waals surface area contributed by atoms with Crippen LogP contribution in [0.4, 0.5) is 5.69 Å². The van der Waals surface area contributed by atoms with Gasteiger partial charge in [-0.15, -0.1) is 0 Å². The summed E-state index contributed by atoms with van der Waals surface area (Å²) in [5.41, 5.74) is 2.34. The molecule has 7 nitrogen and oxygen atoms in total. The third-order valence-electron chi connectivity index (χ3n) is 6.49. The summed E-state index contributed by atoms with van der Waals surface area (Å²) >= 11 is 3.10. The zero-order valence-electron chi connectivity index (χ0n) is 14.9. The first-order valence-electron chi connectivity index (χ1n) is 9.37. The number of hydrazone groups is 1. The summed E-state index contributed by atoms with van der Waals surface area (Å²) in [6.45, 7) is 0. The maximum atomic E-state index is 13.0. The van der Waals surface area contributed by atoms with Crippen LogP contribution in [-0.4, -0.2) is 22.2 Å². The van der Waals surface area contributed by atoms with Gasteiger partial charge in [0.25, 0.3) is 5.69 Å². The van der Waals surface area contributed by atoms with Crippen molar-refractivity contribution < 1.29 is 14.8 Å². The van der Waals surface area contributed by atoms with E-state index < -0.39 is 4.92 Å². The topological polar surface area (TPSA) is 105 Å². The maximum absolute atomic E-state index is 13.0. The molecule has 0 spiro atoms. The Morgan fingerprint density at radius 2 is 1.89 bits per heavy atom. The second-order valence-corrected chi connectivity index (χ2v) is 9.22. The van der Waals surface area contributed by atoms with Crippen LogP contribution < -0.4 is 5.43 Å². The van der Waals surface area contributed by atoms with Crippen LogP contribution in [0.2, 0.25) is 0 Å². The predicted octanol–water partition coefficient (Wildman–Crippen LogP) is 4.12. The monoisotopic (exact) mass is 435 g/mol. The van der Waals surface area contributed by atoms with Gasteiger partial charge in [0.1, 0.15) is 5.75 Å². The Morgan fingerprint density at radius 3 is 2.52 bits per heavy atom. The number of amides is 1. The lowest BCUT2D eigenvalue weighted by Gasteiger charge is -2.46. The fraction of sp³-hybridized carbons (Fsp3) is 0.579. The molecule has 1 aromatic rings. The highest BCUT2D eigenvalue weighted by Crippen LogP contribution is 2.57. The summed E-state index contributed by atoms with van der Waals surface area (Å²) < 4.78 is 0.210. The SMILES string of the molecule is O=C(N/N=C/c1cc([N+](=O)[O-])cc(Br)c1O)C12CC3C[C@@H](CC[C@@H](C3)C1)C2. The average molecular weight is 436 g/mol. The molecular formula is C19H22BrN3O4. The molecule has 5 rings (SSSR count). The number of halogens is 1. The van der Waals surface area contributed by atoms with Crippen LogP contribution in [0.25, 0.3) is 0 Å². The van der Waals surface area contributed by atoms with E-state index >= 15 is 0 Å². The van der Waals surface area contributed by atoms with Crippen molar-refractivity contribution in [3.63, 3.8) is 0 Å². The molecule has 0 saturated heterocycles. The summed E-state index contributed by atoms with van der Waals surface area (Å²) in [6.07, 6.45) is 9.05. The first-order chi connectivity index (χ1) is 12.9. The van der Waals surface area contributed by atoms with E-state index in [-0.39, 0.29) is 32.8 Å². The second-order valence-electron chi connectivity index (χ2n) is 8.36. The van der Waals surface area contributed by atoms with E-state index in [1.165, 1.54) is 44.0 Å². The highest BCUT2D eigenvalue weighted by molar-refractivity contribution is 9.10. The molecule has 144 valence electrons. The van der Waals surface area contributed by atoms with Gasteiger partial charge < -0.3 is 5.11 Å². The van der Waals surface area contributed by atoms with Crippen LogP contribution in [0, 0.1) is 33.3 Å². The van der Waals surface area contributed by atoms with Gasteiger partial charge in [-0.1, -0.05) is 12.8 Å². The fourth-order valence-corrected chi connectivity index (χ4v) is 6.02. The zero-order chi connectivity index (χ0) is 19.2. The average Bonchev–Trinajstić information content (AvgIpc) is 2.83. The number of nitrogens with one attached hydrogen (secondary N) is 1. The Morgan fingerprint density at radius 1 is 1.26 bits per heavy atom. The van der Waals surface area contributed by atoms with Crippen molar-refractivity contribution in [2.45, 2.75) is 44.9 Å². The van der Waals surface area contributed by atoms with Crippen LogP contribution in [-0.2, 0) is 4.79 Å². The molecule has 2 unspecified atom stereocenters. The van der Waals surface area contributed by atoms with Crippen molar-refractivity contribution in [2.24, 2.45) is 28.3 Å². The quantitative estimate of drug-likeness (QED) is 0.421. The number of hydrogen-bond acceptors (Lipinski definition) is 5. The summed E-state index contributed by atoms with van der Waals surface area (Å²) in [6, 6.07) is 2.45. The molecule has 4 saturated carbocycles. The Bertz CT molecular complexity index is 809. The number of carbonyl (C=O) groups is 1. The normalized spacial score (nSPS) is 31.8. The standard InChI is InChI=1S/C19H22BrN3O4/c20-16-6-15(23(26)27)5-14(17(16)24)10-21-22-18(25)19-7-11-1-2-12(8-19)4-13(3-11)9-19/h5-6,10-13,24H,1-4,7-9H2,(H,22,25)/b21-10+/t11-,12+,13?,19?. The van der Waals surface area contributed by atoms with Gasteiger partial charge >= 0.3 is 0 Å². The number of phenols is 1. The molecule has 0 radical (unpaired) electrons. The van der Waals surface area contributed by atoms with E-state index in [4.69, 9.17) is 0 Å². The van der Waals surface area contributed by atoms with Crippen LogP contribution in [0.1, 0.15) is 50.5 Å². The number of phenolic OH excluding ortho intramolecular Hbond substituents is 1. The van der Waals surface area contributed by atoms with Crippen molar-refractivity contribution >= 4 is 33.7 Å². The molecule has 1 amide bonds. The van der Waals surface area contributed by atoms with E-state index in [0.29, 0.717) is 17.8 Å². The van der Waals surface area contributed by atoms with Crippen LogP contribution in [0.3, 0.4) is 0 Å². The van der Waals surface area contributed by atoms with Gasteiger partial charge in [0.05, 0.1) is 21.0 Å². The number of aromatic hydroxyl groups is 1. The van der Waals surface area contributed by atoms with Crippen LogP contribution >= 0.6 is 15.9 Å². The van der Waals surface area contributed by atoms with E-state index in [1.807, 2.05) is 0 Å². The number of nitrogens with zero attached hydrogens (tertiary/aromatic N) is 2. The molecule has 0 aromatic heterocycles. The van der Waals surface area contributed by atoms with Crippen molar-refractivity contribution in [3.05, 3.63) is 32.3 Å². The minimum Gasteiger partial charge on any atom is -0.506 e. The van der Waals surface area contributed by atoms with Gasteiger partial charge in [-0.05, 0) is 65.8 Å². The Hall–Kier alpha value is -1.96. The maximum Gasteiger partial charge on any atom is 0.271 e. The Labute approximate surface area is 165 Å². The summed E-state index contributed by atoms with van der Waals surface area (Å²) in [4.78, 5) is 23.4. The van der Waals surface area contributed by atoms with Gasteiger partial charge in [-0.3, -0.25) is 14.9 Å². The van der Waals surface area contributed by atoms with E-state index in [0.717, 1.165) is 19.3 Å². The van der Waals surface area contributed by atoms with Crippen LogP contribution in [0.15, 0.2) is 21.7 Å². The Kier molecular flexibility index (Phi) is 4.70. The number of fused-ring (bicyclic) bond motifs is 1. The molecule has 0 heterocycles. The molecule has 4 bridgehead atoms. The van der Waals surface area contributed by atoms with Crippen LogP contribution in [0.5, 0.6) is 5.75 Å². The number of hydrogen-bond donors (Lipinski definition) is 2. The molecule has 2 N–H and O–H groups in total. The molecule has 1 aromatic carbocycles. The van der Waals surface area contributed by atoms with Gasteiger partial charge in [0, 0.05) is 17.7 Å². The smallest absolute Gasteiger partial charge is 0.271 e. The Balaban J connectivity index is 1.51. The van der Waals surface area contributed by atoms with Gasteiger partial charge in [0.2, 0.25) is 5.91 Å². The van der Waals surface area contributed by atoms with E-state index in [1.54, 1.807) is 0 Å².